The maximum atomic E-state index is 14.0. The van der Waals surface area contributed by atoms with Gasteiger partial charge < -0.3 is 30.0 Å². The van der Waals surface area contributed by atoms with E-state index in [0.717, 1.165) is 25.9 Å². The summed E-state index contributed by atoms with van der Waals surface area (Å²) < 4.78 is 25.6. The van der Waals surface area contributed by atoms with Crippen LogP contribution in [0.4, 0.5) is 27.5 Å². The largest absolute Gasteiger partial charge is 0.491 e. The maximum absolute atomic E-state index is 14.0. The number of nitrogens with zero attached hydrogens (tertiary/aromatic N) is 4. The van der Waals surface area contributed by atoms with E-state index in [1.54, 1.807) is 49.8 Å². The highest BCUT2D eigenvalue weighted by Gasteiger charge is 2.52. The van der Waals surface area contributed by atoms with Crippen molar-refractivity contribution in [3.63, 3.8) is 0 Å². The van der Waals surface area contributed by atoms with E-state index in [-0.39, 0.29) is 17.3 Å². The first-order valence-corrected chi connectivity index (χ1v) is 12.0. The van der Waals surface area contributed by atoms with Crippen molar-refractivity contribution in [2.45, 2.75) is 18.9 Å². The van der Waals surface area contributed by atoms with E-state index in [2.05, 4.69) is 42.5 Å². The van der Waals surface area contributed by atoms with E-state index in [9.17, 15) is 9.18 Å². The summed E-state index contributed by atoms with van der Waals surface area (Å²) >= 11 is 0. The molecule has 0 atom stereocenters. The SMILES string of the molecule is COc1cc(Nc2nccc(Nc3cc4cccc(F)c4[nH]c3=O)n2)cnc1OC1CC2(C1)CN(C)C2. The zero-order chi connectivity index (χ0) is 25.6. The molecule has 4 aromatic rings. The van der Waals surface area contributed by atoms with Gasteiger partial charge in [0.05, 0.1) is 24.5 Å². The maximum Gasteiger partial charge on any atom is 0.272 e. The minimum atomic E-state index is -0.488. The average molecular weight is 504 g/mol. The van der Waals surface area contributed by atoms with Gasteiger partial charge in [-0.3, -0.25) is 4.79 Å². The molecule has 3 aromatic heterocycles. The first kappa shape index (κ1) is 23.2. The lowest BCUT2D eigenvalue weighted by Gasteiger charge is -2.57. The molecule has 0 radical (unpaired) electrons. The van der Waals surface area contributed by atoms with Gasteiger partial charge in [0, 0.05) is 36.2 Å². The highest BCUT2D eigenvalue weighted by Crippen LogP contribution is 2.49. The number of hydrogen-bond donors (Lipinski definition) is 3. The smallest absolute Gasteiger partial charge is 0.272 e. The van der Waals surface area contributed by atoms with Crippen LogP contribution in [0.1, 0.15) is 12.8 Å². The Morgan fingerprint density at radius 3 is 2.78 bits per heavy atom. The lowest BCUT2D eigenvalue weighted by molar-refractivity contribution is -0.110. The summed E-state index contributed by atoms with van der Waals surface area (Å²) in [7, 11) is 3.71. The van der Waals surface area contributed by atoms with Crippen LogP contribution in [0.5, 0.6) is 11.6 Å². The lowest BCUT2D eigenvalue weighted by Crippen LogP contribution is -2.63. The molecule has 1 saturated carbocycles. The first-order chi connectivity index (χ1) is 17.9. The van der Waals surface area contributed by atoms with Crippen LogP contribution >= 0.6 is 0 Å². The molecule has 37 heavy (non-hydrogen) atoms. The number of H-pyrrole nitrogens is 1. The predicted octanol–water partition coefficient (Wildman–Crippen LogP) is 3.82. The van der Waals surface area contributed by atoms with Crippen molar-refractivity contribution in [3.8, 4) is 11.6 Å². The van der Waals surface area contributed by atoms with E-state index >= 15 is 0 Å². The van der Waals surface area contributed by atoms with Gasteiger partial charge in [-0.25, -0.2) is 14.4 Å². The van der Waals surface area contributed by atoms with Crippen molar-refractivity contribution >= 4 is 34.0 Å². The third-order valence-electron chi connectivity index (χ3n) is 6.85. The van der Waals surface area contributed by atoms with Gasteiger partial charge in [0.1, 0.15) is 23.4 Å². The second kappa shape index (κ2) is 9.00. The quantitative estimate of drug-likeness (QED) is 0.346. The minimum absolute atomic E-state index is 0.148. The zero-order valence-electron chi connectivity index (χ0n) is 20.4. The number of aromatic amines is 1. The number of para-hydroxylation sites is 1. The van der Waals surface area contributed by atoms with Crippen LogP contribution in [0.15, 0.2) is 53.6 Å². The van der Waals surface area contributed by atoms with E-state index in [4.69, 9.17) is 9.47 Å². The molecule has 0 unspecified atom stereocenters. The Morgan fingerprint density at radius 1 is 1.16 bits per heavy atom. The van der Waals surface area contributed by atoms with Gasteiger partial charge in [-0.15, -0.1) is 0 Å². The predicted molar refractivity (Wildman–Crippen MR) is 137 cm³/mol. The number of hydrogen-bond acceptors (Lipinski definition) is 9. The van der Waals surface area contributed by atoms with Crippen molar-refractivity contribution in [2.75, 3.05) is 37.9 Å². The fourth-order valence-electron chi connectivity index (χ4n) is 5.28. The number of rotatable bonds is 7. The fraction of sp³-hybridized carbons (Fsp3) is 0.308. The standard InChI is InChI=1S/C26H26FN7O3/c1-34-13-26(14-34)10-17(11-26)37-24-20(36-2)9-16(12-29-24)30-25-28-7-6-21(32-25)31-19-8-15-4-3-5-18(27)22(15)33-23(19)35/h3-9,12,17H,10-11,13-14H2,1-2H3,(H,33,35)(H2,28,30,31,32). The van der Waals surface area contributed by atoms with Crippen molar-refractivity contribution in [1.82, 2.24) is 24.8 Å². The van der Waals surface area contributed by atoms with Gasteiger partial charge in [0.2, 0.25) is 5.95 Å². The molecular weight excluding hydrogens is 477 g/mol. The second-order valence-corrected chi connectivity index (χ2v) is 9.78. The Labute approximate surface area is 211 Å². The molecule has 2 aliphatic rings. The fourth-order valence-corrected chi connectivity index (χ4v) is 5.28. The van der Waals surface area contributed by atoms with Gasteiger partial charge in [-0.05, 0) is 38.1 Å². The van der Waals surface area contributed by atoms with Gasteiger partial charge in [0.15, 0.2) is 5.75 Å². The van der Waals surface area contributed by atoms with Crippen molar-refractivity contribution in [3.05, 3.63) is 65.0 Å². The van der Waals surface area contributed by atoms with E-state index < -0.39 is 11.4 Å². The molecule has 11 heteroatoms. The average Bonchev–Trinajstić information content (AvgIpc) is 2.84. The summed E-state index contributed by atoms with van der Waals surface area (Å²) in [5.41, 5.74) is 0.963. The Kier molecular flexibility index (Phi) is 5.64. The number of anilines is 4. The van der Waals surface area contributed by atoms with E-state index in [1.807, 2.05) is 0 Å². The summed E-state index contributed by atoms with van der Waals surface area (Å²) in [6, 6.07) is 9.58. The number of pyridine rings is 2. The van der Waals surface area contributed by atoms with Gasteiger partial charge in [-0.1, -0.05) is 12.1 Å². The molecule has 1 saturated heterocycles. The second-order valence-electron chi connectivity index (χ2n) is 9.78. The summed E-state index contributed by atoms with van der Waals surface area (Å²) in [5.74, 6) is 1.17. The molecule has 190 valence electrons. The molecular formula is C26H26FN7O3. The van der Waals surface area contributed by atoms with Crippen LogP contribution < -0.4 is 25.7 Å². The molecule has 1 aliphatic carbocycles. The first-order valence-electron chi connectivity index (χ1n) is 12.0. The van der Waals surface area contributed by atoms with Gasteiger partial charge >= 0.3 is 0 Å². The molecule has 1 aromatic carbocycles. The normalized spacial score (nSPS) is 16.7. The highest BCUT2D eigenvalue weighted by molar-refractivity contribution is 5.82. The van der Waals surface area contributed by atoms with Crippen LogP contribution in [0, 0.1) is 11.2 Å². The number of likely N-dealkylation sites (tertiary alicyclic amines) is 1. The van der Waals surface area contributed by atoms with Crippen molar-refractivity contribution in [2.24, 2.45) is 5.41 Å². The van der Waals surface area contributed by atoms with Crippen LogP contribution in [-0.4, -0.2) is 58.2 Å². The minimum Gasteiger partial charge on any atom is -0.491 e. The van der Waals surface area contributed by atoms with Gasteiger partial charge in [-0.2, -0.15) is 4.98 Å². The number of aromatic nitrogens is 4. The van der Waals surface area contributed by atoms with Crippen LogP contribution in [0.2, 0.25) is 0 Å². The van der Waals surface area contributed by atoms with Gasteiger partial charge in [0.25, 0.3) is 11.4 Å². The Balaban J connectivity index is 1.15. The molecule has 4 heterocycles. The van der Waals surface area contributed by atoms with Crippen molar-refractivity contribution < 1.29 is 13.9 Å². The number of benzene rings is 1. The Hall–Kier alpha value is -4.25. The van der Waals surface area contributed by atoms with Crippen molar-refractivity contribution in [1.29, 1.82) is 0 Å². The number of nitrogens with one attached hydrogen (secondary N) is 3. The molecule has 6 rings (SSSR count). The summed E-state index contributed by atoms with van der Waals surface area (Å²) in [6.45, 7) is 2.25. The summed E-state index contributed by atoms with van der Waals surface area (Å²) in [4.78, 5) is 30.5. The van der Waals surface area contributed by atoms with E-state index in [1.165, 1.54) is 6.07 Å². The molecule has 2 fully saturated rings. The summed E-state index contributed by atoms with van der Waals surface area (Å²) in [6.07, 6.45) is 5.40. The number of fused-ring (bicyclic) bond motifs is 1. The highest BCUT2D eigenvalue weighted by atomic mass is 19.1. The molecule has 0 amide bonds. The topological polar surface area (TPSA) is 117 Å². The number of ether oxygens (including phenoxy) is 2. The van der Waals surface area contributed by atoms with Crippen LogP contribution in [-0.2, 0) is 0 Å². The lowest BCUT2D eigenvalue weighted by atomic mass is 9.62. The number of halogens is 1. The monoisotopic (exact) mass is 503 g/mol. The van der Waals surface area contributed by atoms with Crippen LogP contribution in [0.25, 0.3) is 10.9 Å². The Bertz CT molecular complexity index is 1530. The molecule has 0 bridgehead atoms. The molecule has 3 N–H and O–H groups in total. The zero-order valence-corrected chi connectivity index (χ0v) is 20.4. The Morgan fingerprint density at radius 2 is 2.00 bits per heavy atom. The number of methoxy groups -OCH3 is 1. The van der Waals surface area contributed by atoms with E-state index in [0.29, 0.717) is 39.9 Å². The summed E-state index contributed by atoms with van der Waals surface area (Å²) in [5, 5.41) is 6.64. The molecule has 10 nitrogen and oxygen atoms in total. The molecule has 1 aliphatic heterocycles. The third-order valence-corrected chi connectivity index (χ3v) is 6.85. The van der Waals surface area contributed by atoms with Crippen LogP contribution in [0.3, 0.4) is 0 Å². The molecule has 1 spiro atoms. The third kappa shape index (κ3) is 4.53.